The van der Waals surface area contributed by atoms with Gasteiger partial charge < -0.3 is 9.80 Å². The fourth-order valence-electron chi connectivity index (χ4n) is 5.74. The second kappa shape index (κ2) is 9.16. The van der Waals surface area contributed by atoms with Crippen molar-refractivity contribution >= 4 is 21.7 Å². The molecule has 1 aliphatic carbocycles. The predicted molar refractivity (Wildman–Crippen MR) is 124 cm³/mol. The molecule has 3 aliphatic rings. The van der Waals surface area contributed by atoms with Crippen LogP contribution in [0.4, 0.5) is 0 Å². The Morgan fingerprint density at radius 2 is 1.50 bits per heavy atom. The highest BCUT2D eigenvalue weighted by Gasteiger charge is 2.55. The van der Waals surface area contributed by atoms with Crippen LogP contribution in [-0.4, -0.2) is 61.0 Å². The number of hydrogen-bond donors (Lipinski definition) is 0. The molecule has 0 unspecified atom stereocenters. The van der Waals surface area contributed by atoms with Crippen LogP contribution >= 0.6 is 0 Å². The Morgan fingerprint density at radius 3 is 2.12 bits per heavy atom. The van der Waals surface area contributed by atoms with Crippen LogP contribution in [0.1, 0.15) is 68.9 Å². The van der Waals surface area contributed by atoms with E-state index < -0.39 is 14.6 Å². The molecule has 2 heterocycles. The van der Waals surface area contributed by atoms with E-state index in [4.69, 9.17) is 0 Å². The SMILES string of the molecule is Cc1ccc(C)c(S(=O)(=O)C2(C(=O)N3CCC(C(=O)N4CCCCC4)CC3)CCCC2)c1. The van der Waals surface area contributed by atoms with Crippen molar-refractivity contribution in [1.82, 2.24) is 9.80 Å². The molecule has 0 spiro atoms. The van der Waals surface area contributed by atoms with E-state index in [1.165, 1.54) is 6.42 Å². The summed E-state index contributed by atoms with van der Waals surface area (Å²) in [6, 6.07) is 5.44. The summed E-state index contributed by atoms with van der Waals surface area (Å²) >= 11 is 0. The summed E-state index contributed by atoms with van der Waals surface area (Å²) in [7, 11) is -3.82. The van der Waals surface area contributed by atoms with Crippen LogP contribution in [0.15, 0.2) is 23.1 Å². The van der Waals surface area contributed by atoms with Crippen LogP contribution in [-0.2, 0) is 19.4 Å². The minimum absolute atomic E-state index is 0.0488. The summed E-state index contributed by atoms with van der Waals surface area (Å²) in [5.74, 6) is -0.0811. The second-order valence-electron chi connectivity index (χ2n) is 9.93. The molecule has 0 aromatic heterocycles. The Morgan fingerprint density at radius 1 is 0.875 bits per heavy atom. The Bertz CT molecular complexity index is 968. The fraction of sp³-hybridized carbons (Fsp3) is 0.680. The quantitative estimate of drug-likeness (QED) is 0.688. The zero-order valence-electron chi connectivity index (χ0n) is 19.4. The average Bonchev–Trinajstić information content (AvgIpc) is 3.32. The molecule has 4 rings (SSSR count). The van der Waals surface area contributed by atoms with E-state index in [1.807, 2.05) is 24.0 Å². The van der Waals surface area contributed by atoms with Crippen molar-refractivity contribution in [2.24, 2.45) is 5.92 Å². The summed E-state index contributed by atoms with van der Waals surface area (Å²) in [6.45, 7) is 6.30. The van der Waals surface area contributed by atoms with E-state index in [0.717, 1.165) is 44.3 Å². The maximum atomic E-state index is 13.9. The van der Waals surface area contributed by atoms with Gasteiger partial charge in [0, 0.05) is 32.1 Å². The first-order valence-corrected chi connectivity index (χ1v) is 13.6. The van der Waals surface area contributed by atoms with Crippen molar-refractivity contribution in [3.63, 3.8) is 0 Å². The van der Waals surface area contributed by atoms with Gasteiger partial charge in [-0.25, -0.2) is 8.42 Å². The summed E-state index contributed by atoms with van der Waals surface area (Å²) in [4.78, 5) is 30.7. The van der Waals surface area contributed by atoms with Crippen LogP contribution in [0.2, 0.25) is 0 Å². The molecule has 0 atom stereocenters. The normalized spacial score (nSPS) is 22.2. The lowest BCUT2D eigenvalue weighted by atomic mass is 9.93. The number of carbonyl (C=O) groups is 2. The molecule has 3 fully saturated rings. The molecule has 2 amide bonds. The molecule has 1 saturated carbocycles. The van der Waals surface area contributed by atoms with E-state index in [2.05, 4.69) is 0 Å². The maximum Gasteiger partial charge on any atom is 0.244 e. The van der Waals surface area contributed by atoms with Crippen molar-refractivity contribution < 1.29 is 18.0 Å². The zero-order chi connectivity index (χ0) is 22.9. The molecule has 0 radical (unpaired) electrons. The van der Waals surface area contributed by atoms with Crippen LogP contribution in [0.5, 0.6) is 0 Å². The lowest BCUT2D eigenvalue weighted by Crippen LogP contribution is -2.55. The molecule has 176 valence electrons. The average molecular weight is 461 g/mol. The molecule has 2 aliphatic heterocycles. The van der Waals surface area contributed by atoms with E-state index in [-0.39, 0.29) is 17.7 Å². The van der Waals surface area contributed by atoms with Gasteiger partial charge in [0.25, 0.3) is 0 Å². The number of hydrogen-bond acceptors (Lipinski definition) is 4. The molecule has 0 bridgehead atoms. The van der Waals surface area contributed by atoms with Gasteiger partial charge in [0.05, 0.1) is 4.90 Å². The van der Waals surface area contributed by atoms with E-state index >= 15 is 0 Å². The third-order valence-corrected chi connectivity index (χ3v) is 10.4. The zero-order valence-corrected chi connectivity index (χ0v) is 20.3. The van der Waals surface area contributed by atoms with Gasteiger partial charge >= 0.3 is 0 Å². The van der Waals surface area contributed by atoms with Gasteiger partial charge in [-0.2, -0.15) is 0 Å². The van der Waals surface area contributed by atoms with Crippen LogP contribution in [0.3, 0.4) is 0 Å². The van der Waals surface area contributed by atoms with E-state index in [9.17, 15) is 18.0 Å². The minimum Gasteiger partial charge on any atom is -0.342 e. The summed E-state index contributed by atoms with van der Waals surface area (Å²) in [5, 5.41) is 0. The predicted octanol–water partition coefficient (Wildman–Crippen LogP) is 3.64. The third kappa shape index (κ3) is 4.09. The number of aryl methyl sites for hydroxylation is 2. The molecular weight excluding hydrogens is 424 g/mol. The molecule has 32 heavy (non-hydrogen) atoms. The van der Waals surface area contributed by atoms with E-state index in [0.29, 0.717) is 49.2 Å². The first-order valence-electron chi connectivity index (χ1n) is 12.2. The van der Waals surface area contributed by atoms with Gasteiger partial charge in [-0.1, -0.05) is 25.0 Å². The number of amides is 2. The Labute approximate surface area is 192 Å². The molecule has 0 N–H and O–H groups in total. The third-order valence-electron chi connectivity index (χ3n) is 7.75. The summed E-state index contributed by atoms with van der Waals surface area (Å²) in [6.07, 6.45) is 6.85. The maximum absolute atomic E-state index is 13.9. The van der Waals surface area contributed by atoms with Crippen molar-refractivity contribution in [1.29, 1.82) is 0 Å². The first-order chi connectivity index (χ1) is 15.3. The van der Waals surface area contributed by atoms with Crippen molar-refractivity contribution in [3.05, 3.63) is 29.3 Å². The number of nitrogens with zero attached hydrogens (tertiary/aromatic N) is 2. The number of sulfone groups is 1. The van der Waals surface area contributed by atoms with E-state index in [1.54, 1.807) is 17.9 Å². The number of carbonyl (C=O) groups excluding carboxylic acids is 2. The number of piperidine rings is 2. The number of likely N-dealkylation sites (tertiary alicyclic amines) is 2. The molecule has 1 aromatic carbocycles. The Kier molecular flexibility index (Phi) is 6.66. The highest BCUT2D eigenvalue weighted by Crippen LogP contribution is 2.43. The Hall–Kier alpha value is -1.89. The highest BCUT2D eigenvalue weighted by atomic mass is 32.2. The van der Waals surface area contributed by atoms with Crippen LogP contribution in [0.25, 0.3) is 0 Å². The molecular formula is C25H36N2O4S. The van der Waals surface area contributed by atoms with Gasteiger partial charge in [0.15, 0.2) is 14.6 Å². The topological polar surface area (TPSA) is 74.8 Å². The van der Waals surface area contributed by atoms with Crippen molar-refractivity contribution in [2.75, 3.05) is 26.2 Å². The number of rotatable bonds is 4. The second-order valence-corrected chi connectivity index (χ2v) is 12.2. The lowest BCUT2D eigenvalue weighted by Gasteiger charge is -2.39. The van der Waals surface area contributed by atoms with Crippen molar-refractivity contribution in [2.45, 2.75) is 81.3 Å². The standard InChI is InChI=1S/C25H36N2O4S/c1-19-8-9-20(2)22(18-19)32(30,31)25(12-4-5-13-25)24(29)27-16-10-21(11-17-27)23(28)26-14-6-3-7-15-26/h8-9,18,21H,3-7,10-17H2,1-2H3. The first kappa shape index (κ1) is 23.3. The molecule has 2 saturated heterocycles. The fourth-order valence-corrected chi connectivity index (χ4v) is 8.18. The van der Waals surface area contributed by atoms with Gasteiger partial charge in [-0.15, -0.1) is 0 Å². The van der Waals surface area contributed by atoms with Gasteiger partial charge in [-0.05, 0) is 76.0 Å². The van der Waals surface area contributed by atoms with Crippen molar-refractivity contribution in [3.8, 4) is 0 Å². The summed E-state index contributed by atoms with van der Waals surface area (Å²) in [5.41, 5.74) is 1.58. The van der Waals surface area contributed by atoms with Crippen LogP contribution < -0.4 is 0 Å². The summed E-state index contributed by atoms with van der Waals surface area (Å²) < 4.78 is 26.4. The smallest absolute Gasteiger partial charge is 0.244 e. The molecule has 7 heteroatoms. The number of benzene rings is 1. The monoisotopic (exact) mass is 460 g/mol. The van der Waals surface area contributed by atoms with Gasteiger partial charge in [0.1, 0.15) is 0 Å². The largest absolute Gasteiger partial charge is 0.342 e. The Balaban J connectivity index is 1.52. The lowest BCUT2D eigenvalue weighted by molar-refractivity contribution is -0.142. The highest BCUT2D eigenvalue weighted by molar-refractivity contribution is 7.93. The van der Waals surface area contributed by atoms with Gasteiger partial charge in [-0.3, -0.25) is 9.59 Å². The molecule has 1 aromatic rings. The van der Waals surface area contributed by atoms with Crippen LogP contribution in [0, 0.1) is 19.8 Å². The minimum atomic E-state index is -3.82. The van der Waals surface area contributed by atoms with Gasteiger partial charge in [0.2, 0.25) is 11.8 Å². The molecule has 6 nitrogen and oxygen atoms in total.